The van der Waals surface area contributed by atoms with Crippen LogP contribution >= 0.6 is 15.9 Å². The number of aryl methyl sites for hydroxylation is 1. The molecule has 76 valence electrons. The number of hydrogen-bond acceptors (Lipinski definition) is 2. The Morgan fingerprint density at radius 1 is 1.43 bits per heavy atom. The molecule has 0 aliphatic carbocycles. The van der Waals surface area contributed by atoms with Crippen molar-refractivity contribution in [3.63, 3.8) is 0 Å². The van der Waals surface area contributed by atoms with Crippen LogP contribution < -0.4 is 0 Å². The van der Waals surface area contributed by atoms with Crippen molar-refractivity contribution < 1.29 is 4.92 Å². The molecule has 1 unspecified atom stereocenters. The lowest BCUT2D eigenvalue weighted by Crippen LogP contribution is -1.94. The molecule has 3 nitrogen and oxygen atoms in total. The van der Waals surface area contributed by atoms with Gasteiger partial charge in [-0.1, -0.05) is 35.0 Å². The van der Waals surface area contributed by atoms with Crippen molar-refractivity contribution in [3.05, 3.63) is 39.9 Å². The molecule has 1 aromatic rings. The van der Waals surface area contributed by atoms with E-state index in [-0.39, 0.29) is 10.6 Å². The molecule has 0 N–H and O–H groups in total. The number of nitrogens with zero attached hydrogens (tertiary/aromatic N) is 1. The van der Waals surface area contributed by atoms with Gasteiger partial charge in [-0.15, -0.1) is 0 Å². The lowest BCUT2D eigenvalue weighted by molar-refractivity contribution is -0.384. The summed E-state index contributed by atoms with van der Waals surface area (Å²) in [4.78, 5) is 10.5. The van der Waals surface area contributed by atoms with Gasteiger partial charge in [0.25, 0.3) is 5.69 Å². The van der Waals surface area contributed by atoms with Crippen LogP contribution in [0.1, 0.15) is 18.9 Å². The Labute approximate surface area is 91.4 Å². The second kappa shape index (κ2) is 5.10. The molecule has 0 aromatic heterocycles. The molecule has 0 aliphatic rings. The summed E-state index contributed by atoms with van der Waals surface area (Å²) in [6.07, 6.45) is 1.99. The smallest absolute Gasteiger partial charge is 0.258 e. The van der Waals surface area contributed by atoms with Crippen LogP contribution in [0.3, 0.4) is 0 Å². The van der Waals surface area contributed by atoms with Crippen LogP contribution in [0.5, 0.6) is 0 Å². The van der Waals surface area contributed by atoms with Gasteiger partial charge in [0.2, 0.25) is 0 Å². The van der Waals surface area contributed by atoms with E-state index < -0.39 is 0 Å². The zero-order chi connectivity index (χ0) is 10.6. The molecule has 0 aliphatic heterocycles. The van der Waals surface area contributed by atoms with Gasteiger partial charge < -0.3 is 0 Å². The Morgan fingerprint density at radius 3 is 2.43 bits per heavy atom. The third-order valence-corrected chi connectivity index (χ3v) is 2.44. The molecule has 0 spiro atoms. The highest BCUT2D eigenvalue weighted by Gasteiger charge is 2.04. The summed E-state index contributed by atoms with van der Waals surface area (Å²) in [6.45, 7) is 2.09. The summed E-state index contributed by atoms with van der Waals surface area (Å²) in [5, 5.41) is 10.4. The van der Waals surface area contributed by atoms with Gasteiger partial charge in [0, 0.05) is 17.0 Å². The number of rotatable bonds is 4. The third-order valence-electron chi connectivity index (χ3n) is 1.98. The number of benzene rings is 1. The van der Waals surface area contributed by atoms with Gasteiger partial charge in [-0.2, -0.15) is 0 Å². The van der Waals surface area contributed by atoms with Crippen LogP contribution in [0.2, 0.25) is 0 Å². The summed E-state index contributed by atoms with van der Waals surface area (Å²) in [5.41, 5.74) is 1.29. The van der Waals surface area contributed by atoms with Gasteiger partial charge in [0.1, 0.15) is 0 Å². The maximum Gasteiger partial charge on any atom is 0.269 e. The van der Waals surface area contributed by atoms with Gasteiger partial charge in [-0.3, -0.25) is 10.1 Å². The summed E-state index contributed by atoms with van der Waals surface area (Å²) < 4.78 is 0. The van der Waals surface area contributed by atoms with Crippen molar-refractivity contribution in [2.24, 2.45) is 0 Å². The molecule has 0 bridgehead atoms. The van der Waals surface area contributed by atoms with Crippen LogP contribution in [0, 0.1) is 10.1 Å². The monoisotopic (exact) mass is 257 g/mol. The van der Waals surface area contributed by atoms with E-state index in [2.05, 4.69) is 22.9 Å². The highest BCUT2D eigenvalue weighted by molar-refractivity contribution is 9.09. The summed E-state index contributed by atoms with van der Waals surface area (Å²) in [5.74, 6) is 0. The van der Waals surface area contributed by atoms with Crippen molar-refractivity contribution in [3.8, 4) is 0 Å². The van der Waals surface area contributed by atoms with Gasteiger partial charge in [-0.05, 0) is 18.4 Å². The number of hydrogen-bond donors (Lipinski definition) is 0. The minimum absolute atomic E-state index is 0.153. The Bertz CT molecular complexity index is 308. The molecule has 0 radical (unpaired) electrons. The van der Waals surface area contributed by atoms with E-state index in [4.69, 9.17) is 0 Å². The highest BCUT2D eigenvalue weighted by Crippen LogP contribution is 2.15. The fraction of sp³-hybridized carbons (Fsp3) is 0.400. The molecule has 0 fully saturated rings. The standard InChI is InChI=1S/C10H12BrNO2/c1-8(11)2-3-9-4-6-10(7-5-9)12(13)14/h4-8H,2-3H2,1H3. The van der Waals surface area contributed by atoms with Crippen molar-refractivity contribution in [1.82, 2.24) is 0 Å². The van der Waals surface area contributed by atoms with E-state index in [0.29, 0.717) is 4.83 Å². The number of halogens is 1. The molecular weight excluding hydrogens is 246 g/mol. The SMILES string of the molecule is CC(Br)CCc1ccc([N+](=O)[O-])cc1. The van der Waals surface area contributed by atoms with E-state index in [9.17, 15) is 10.1 Å². The fourth-order valence-electron chi connectivity index (χ4n) is 1.15. The average Bonchev–Trinajstić information content (AvgIpc) is 2.15. The first-order valence-corrected chi connectivity index (χ1v) is 5.38. The van der Waals surface area contributed by atoms with Crippen LogP contribution in [-0.2, 0) is 6.42 Å². The average molecular weight is 258 g/mol. The van der Waals surface area contributed by atoms with Gasteiger partial charge in [-0.25, -0.2) is 0 Å². The third kappa shape index (κ3) is 3.46. The largest absolute Gasteiger partial charge is 0.269 e. The Morgan fingerprint density at radius 2 is 2.00 bits per heavy atom. The fourth-order valence-corrected chi connectivity index (χ4v) is 1.38. The predicted molar refractivity (Wildman–Crippen MR) is 59.8 cm³/mol. The predicted octanol–water partition coefficient (Wildman–Crippen LogP) is 3.31. The van der Waals surface area contributed by atoms with E-state index >= 15 is 0 Å². The molecule has 0 saturated carbocycles. The van der Waals surface area contributed by atoms with E-state index in [1.54, 1.807) is 12.1 Å². The Balaban J connectivity index is 2.60. The second-order valence-electron chi connectivity index (χ2n) is 3.24. The van der Waals surface area contributed by atoms with E-state index in [1.165, 1.54) is 0 Å². The molecular formula is C10H12BrNO2. The van der Waals surface area contributed by atoms with Crippen molar-refractivity contribution >= 4 is 21.6 Å². The first-order valence-electron chi connectivity index (χ1n) is 4.47. The normalized spacial score (nSPS) is 12.4. The topological polar surface area (TPSA) is 43.1 Å². The quantitative estimate of drug-likeness (QED) is 0.472. The van der Waals surface area contributed by atoms with E-state index in [1.807, 2.05) is 12.1 Å². The number of nitro groups is 1. The molecule has 1 rings (SSSR count). The first-order chi connectivity index (χ1) is 6.59. The molecule has 4 heteroatoms. The minimum Gasteiger partial charge on any atom is -0.258 e. The summed E-state index contributed by atoms with van der Waals surface area (Å²) >= 11 is 3.46. The van der Waals surface area contributed by atoms with Gasteiger partial charge in [0.15, 0.2) is 0 Å². The first kappa shape index (κ1) is 11.2. The van der Waals surface area contributed by atoms with E-state index in [0.717, 1.165) is 18.4 Å². The molecule has 0 saturated heterocycles. The lowest BCUT2D eigenvalue weighted by atomic mass is 10.1. The zero-order valence-corrected chi connectivity index (χ0v) is 9.53. The molecule has 1 aromatic carbocycles. The van der Waals surface area contributed by atoms with Crippen LogP contribution in [0.25, 0.3) is 0 Å². The van der Waals surface area contributed by atoms with Crippen molar-refractivity contribution in [1.29, 1.82) is 0 Å². The van der Waals surface area contributed by atoms with Crippen molar-refractivity contribution in [2.45, 2.75) is 24.6 Å². The van der Waals surface area contributed by atoms with Crippen LogP contribution in [-0.4, -0.2) is 9.75 Å². The summed E-state index contributed by atoms with van der Waals surface area (Å²) in [7, 11) is 0. The Hall–Kier alpha value is -0.900. The minimum atomic E-state index is -0.378. The van der Waals surface area contributed by atoms with Gasteiger partial charge in [0.05, 0.1) is 4.92 Å². The van der Waals surface area contributed by atoms with Crippen LogP contribution in [0.4, 0.5) is 5.69 Å². The maximum atomic E-state index is 10.4. The van der Waals surface area contributed by atoms with Gasteiger partial charge >= 0.3 is 0 Å². The highest BCUT2D eigenvalue weighted by atomic mass is 79.9. The zero-order valence-electron chi connectivity index (χ0n) is 7.94. The number of nitro benzene ring substituents is 1. The molecule has 14 heavy (non-hydrogen) atoms. The lowest BCUT2D eigenvalue weighted by Gasteiger charge is -2.02. The molecule has 0 amide bonds. The summed E-state index contributed by atoms with van der Waals surface area (Å²) in [6, 6.07) is 6.73. The molecule has 0 heterocycles. The number of non-ortho nitro benzene ring substituents is 1. The van der Waals surface area contributed by atoms with Crippen molar-refractivity contribution in [2.75, 3.05) is 0 Å². The van der Waals surface area contributed by atoms with Crippen LogP contribution in [0.15, 0.2) is 24.3 Å². The molecule has 1 atom stereocenters. The Kier molecular flexibility index (Phi) is 4.07. The number of alkyl halides is 1. The maximum absolute atomic E-state index is 10.4. The second-order valence-corrected chi connectivity index (χ2v) is 4.81.